The van der Waals surface area contributed by atoms with Gasteiger partial charge in [-0.25, -0.2) is 4.79 Å². The molecule has 2 aromatic heterocycles. The molecule has 1 aliphatic rings. The smallest absolute Gasteiger partial charge is 0.358 e. The number of carbonyl (C=O) groups is 1. The number of esters is 1. The zero-order valence-corrected chi connectivity index (χ0v) is 12.9. The highest BCUT2D eigenvalue weighted by Crippen LogP contribution is 2.16. The van der Waals surface area contributed by atoms with Crippen molar-refractivity contribution < 1.29 is 9.53 Å². The molecule has 8 nitrogen and oxygen atoms in total. The average Bonchev–Trinajstić information content (AvgIpc) is 2.88. The van der Waals surface area contributed by atoms with Crippen LogP contribution in [0, 0.1) is 0 Å². The highest BCUT2D eigenvalue weighted by atomic mass is 16.5. The van der Waals surface area contributed by atoms with Gasteiger partial charge in [-0.05, 0) is 30.7 Å². The van der Waals surface area contributed by atoms with E-state index in [2.05, 4.69) is 34.9 Å². The second kappa shape index (κ2) is 6.99. The molecular weight excluding hydrogens is 296 g/mol. The van der Waals surface area contributed by atoms with Crippen LogP contribution in [-0.2, 0) is 4.74 Å². The summed E-state index contributed by atoms with van der Waals surface area (Å²) in [6.45, 7) is 3.44. The van der Waals surface area contributed by atoms with E-state index in [1.807, 2.05) is 12.1 Å². The summed E-state index contributed by atoms with van der Waals surface area (Å²) in [7, 11) is 1.33. The van der Waals surface area contributed by atoms with E-state index >= 15 is 0 Å². The van der Waals surface area contributed by atoms with Crippen LogP contribution in [0.4, 0.5) is 11.6 Å². The third-order valence-corrected chi connectivity index (χ3v) is 3.75. The van der Waals surface area contributed by atoms with Crippen molar-refractivity contribution >= 4 is 17.6 Å². The van der Waals surface area contributed by atoms with Gasteiger partial charge < -0.3 is 14.5 Å². The Labute approximate surface area is 134 Å². The molecule has 0 bridgehead atoms. The largest absolute Gasteiger partial charge is 0.464 e. The lowest BCUT2D eigenvalue weighted by atomic mass is 10.3. The molecule has 120 valence electrons. The van der Waals surface area contributed by atoms with E-state index in [1.54, 1.807) is 18.3 Å². The number of hydrogen-bond acceptors (Lipinski definition) is 8. The minimum atomic E-state index is -0.478. The number of methoxy groups -OCH3 is 1. The number of nitrogens with zero attached hydrogens (tertiary/aromatic N) is 6. The predicted molar refractivity (Wildman–Crippen MR) is 84.4 cm³/mol. The van der Waals surface area contributed by atoms with Gasteiger partial charge in [0.05, 0.1) is 7.11 Å². The fraction of sp³-hybridized carbons (Fsp3) is 0.400. The van der Waals surface area contributed by atoms with Crippen LogP contribution in [-0.4, -0.2) is 59.7 Å². The Balaban J connectivity index is 1.67. The molecule has 0 aromatic carbocycles. The summed E-state index contributed by atoms with van der Waals surface area (Å²) < 4.78 is 4.63. The minimum absolute atomic E-state index is 0.215. The predicted octanol–water partition coefficient (Wildman–Crippen LogP) is 0.770. The first kappa shape index (κ1) is 15.1. The number of aromatic nitrogens is 4. The molecule has 0 N–H and O–H groups in total. The topological polar surface area (TPSA) is 84.3 Å². The number of ether oxygens (including phenoxy) is 1. The Hall–Kier alpha value is -2.77. The zero-order chi connectivity index (χ0) is 16.1. The van der Waals surface area contributed by atoms with Crippen molar-refractivity contribution in [2.24, 2.45) is 0 Å². The Bertz CT molecular complexity index is 649. The molecule has 3 rings (SSSR count). The summed E-state index contributed by atoms with van der Waals surface area (Å²) in [5.74, 6) is 1.17. The van der Waals surface area contributed by atoms with E-state index < -0.39 is 5.97 Å². The van der Waals surface area contributed by atoms with Gasteiger partial charge in [-0.1, -0.05) is 0 Å². The maximum Gasteiger partial charge on any atom is 0.358 e. The van der Waals surface area contributed by atoms with E-state index in [9.17, 15) is 4.79 Å². The molecule has 0 aliphatic carbocycles. The van der Waals surface area contributed by atoms with Gasteiger partial charge in [0.2, 0.25) is 0 Å². The highest BCUT2D eigenvalue weighted by Gasteiger charge is 2.18. The first-order valence-corrected chi connectivity index (χ1v) is 7.47. The maximum absolute atomic E-state index is 11.4. The molecule has 1 fully saturated rings. The Morgan fingerprint density at radius 2 is 1.74 bits per heavy atom. The normalized spacial score (nSPS) is 15.2. The molecule has 0 spiro atoms. The van der Waals surface area contributed by atoms with E-state index in [0.29, 0.717) is 0 Å². The second-order valence-corrected chi connectivity index (χ2v) is 5.18. The van der Waals surface area contributed by atoms with Gasteiger partial charge in [0.1, 0.15) is 0 Å². The zero-order valence-electron chi connectivity index (χ0n) is 12.9. The number of hydrogen-bond donors (Lipinski definition) is 0. The van der Waals surface area contributed by atoms with Gasteiger partial charge in [0.15, 0.2) is 17.3 Å². The van der Waals surface area contributed by atoms with Crippen molar-refractivity contribution in [3.63, 3.8) is 0 Å². The summed E-state index contributed by atoms with van der Waals surface area (Å²) in [6.07, 6.45) is 2.66. The van der Waals surface area contributed by atoms with Crippen LogP contribution in [0.25, 0.3) is 0 Å². The lowest BCUT2D eigenvalue weighted by molar-refractivity contribution is 0.0592. The highest BCUT2D eigenvalue weighted by molar-refractivity contribution is 5.86. The Morgan fingerprint density at radius 3 is 2.30 bits per heavy atom. The van der Waals surface area contributed by atoms with Gasteiger partial charge in [-0.2, -0.15) is 5.10 Å². The molecule has 8 heteroatoms. The van der Waals surface area contributed by atoms with Crippen molar-refractivity contribution in [3.05, 3.63) is 36.2 Å². The molecule has 1 saturated heterocycles. The molecule has 0 atom stereocenters. The van der Waals surface area contributed by atoms with Crippen molar-refractivity contribution in [2.45, 2.75) is 6.42 Å². The van der Waals surface area contributed by atoms with Crippen LogP contribution in [0.5, 0.6) is 0 Å². The molecule has 2 aromatic rings. The van der Waals surface area contributed by atoms with Crippen LogP contribution in [0.3, 0.4) is 0 Å². The molecule has 1 aliphatic heterocycles. The third-order valence-electron chi connectivity index (χ3n) is 3.75. The molecule has 23 heavy (non-hydrogen) atoms. The van der Waals surface area contributed by atoms with Crippen molar-refractivity contribution in [2.75, 3.05) is 43.1 Å². The van der Waals surface area contributed by atoms with Crippen LogP contribution in [0.1, 0.15) is 16.9 Å². The molecule has 3 heterocycles. The first-order chi connectivity index (χ1) is 11.3. The number of rotatable bonds is 3. The van der Waals surface area contributed by atoms with Crippen LogP contribution < -0.4 is 9.80 Å². The minimum Gasteiger partial charge on any atom is -0.464 e. The third kappa shape index (κ3) is 3.53. The molecule has 0 saturated carbocycles. The first-order valence-electron chi connectivity index (χ1n) is 7.47. The van der Waals surface area contributed by atoms with Crippen LogP contribution >= 0.6 is 0 Å². The van der Waals surface area contributed by atoms with E-state index in [4.69, 9.17) is 0 Å². The Kier molecular flexibility index (Phi) is 4.60. The van der Waals surface area contributed by atoms with E-state index in [0.717, 1.165) is 44.2 Å². The molecule has 0 amide bonds. The quantitative estimate of drug-likeness (QED) is 0.768. The number of carbonyl (C=O) groups excluding carboxylic acids is 1. The maximum atomic E-state index is 11.4. The van der Waals surface area contributed by atoms with Crippen molar-refractivity contribution in [1.29, 1.82) is 0 Å². The fourth-order valence-corrected chi connectivity index (χ4v) is 2.55. The molecule has 0 unspecified atom stereocenters. The van der Waals surface area contributed by atoms with E-state index in [1.165, 1.54) is 7.11 Å². The lowest BCUT2D eigenvalue weighted by Gasteiger charge is -2.22. The number of anilines is 2. The summed E-state index contributed by atoms with van der Waals surface area (Å²) in [5.41, 5.74) is 0.215. The monoisotopic (exact) mass is 314 g/mol. The fourth-order valence-electron chi connectivity index (χ4n) is 2.55. The van der Waals surface area contributed by atoms with Crippen molar-refractivity contribution in [3.8, 4) is 0 Å². The van der Waals surface area contributed by atoms with Gasteiger partial charge in [0.25, 0.3) is 0 Å². The Morgan fingerprint density at radius 1 is 1.00 bits per heavy atom. The summed E-state index contributed by atoms with van der Waals surface area (Å²) >= 11 is 0. The summed E-state index contributed by atoms with van der Waals surface area (Å²) in [5, 5.41) is 16.2. The summed E-state index contributed by atoms with van der Waals surface area (Å²) in [6, 6.07) is 7.30. The van der Waals surface area contributed by atoms with Crippen molar-refractivity contribution in [1.82, 2.24) is 20.4 Å². The van der Waals surface area contributed by atoms with E-state index in [-0.39, 0.29) is 5.69 Å². The van der Waals surface area contributed by atoms with Gasteiger partial charge in [-0.3, -0.25) is 0 Å². The van der Waals surface area contributed by atoms with Gasteiger partial charge in [0, 0.05) is 32.4 Å². The summed E-state index contributed by atoms with van der Waals surface area (Å²) in [4.78, 5) is 15.8. The van der Waals surface area contributed by atoms with Crippen LogP contribution in [0.2, 0.25) is 0 Å². The standard InChI is InChI=1S/C15H18N6O2/c1-23-15(22)12-5-6-14(19-17-12)21-9-3-8-20(10-11-21)13-4-2-7-16-18-13/h2,4-7H,3,8-11H2,1H3. The lowest BCUT2D eigenvalue weighted by Crippen LogP contribution is -2.31. The van der Waals surface area contributed by atoms with Gasteiger partial charge >= 0.3 is 5.97 Å². The average molecular weight is 314 g/mol. The van der Waals surface area contributed by atoms with Gasteiger partial charge in [-0.15, -0.1) is 15.3 Å². The SMILES string of the molecule is COC(=O)c1ccc(N2CCCN(c3cccnn3)CC2)nn1. The second-order valence-electron chi connectivity index (χ2n) is 5.18. The molecule has 0 radical (unpaired) electrons. The molecular formula is C15H18N6O2. The van der Waals surface area contributed by atoms with Crippen LogP contribution in [0.15, 0.2) is 30.5 Å².